The molecule has 0 amide bonds. The standard InChI is InChI=1S/C14H16N4O/c1-2-4-12(5-3-1)16-13-6-7-15-14(17-13)18-8-10-19-11-9-18/h1-7H,8-11H2,(H,15,16,17). The Bertz CT molecular complexity index is 526. The first-order chi connectivity index (χ1) is 9.42. The minimum atomic E-state index is 0.736. The summed E-state index contributed by atoms with van der Waals surface area (Å²) in [5.41, 5.74) is 1.02. The van der Waals surface area contributed by atoms with Crippen LogP contribution in [0, 0.1) is 0 Å². The van der Waals surface area contributed by atoms with Crippen LogP contribution in [-0.2, 0) is 4.74 Å². The fourth-order valence-electron chi connectivity index (χ4n) is 2.00. The zero-order valence-electron chi connectivity index (χ0n) is 10.6. The molecule has 0 saturated carbocycles. The number of nitrogens with one attached hydrogen (secondary N) is 1. The van der Waals surface area contributed by atoms with Crippen LogP contribution in [0.4, 0.5) is 17.5 Å². The van der Waals surface area contributed by atoms with Gasteiger partial charge in [0.25, 0.3) is 0 Å². The summed E-state index contributed by atoms with van der Waals surface area (Å²) >= 11 is 0. The van der Waals surface area contributed by atoms with Crippen LogP contribution in [0.15, 0.2) is 42.6 Å². The van der Waals surface area contributed by atoms with Crippen LogP contribution in [0.1, 0.15) is 0 Å². The van der Waals surface area contributed by atoms with E-state index < -0.39 is 0 Å². The average molecular weight is 256 g/mol. The highest BCUT2D eigenvalue weighted by Crippen LogP contribution is 2.16. The van der Waals surface area contributed by atoms with Gasteiger partial charge in [-0.2, -0.15) is 4.98 Å². The summed E-state index contributed by atoms with van der Waals surface area (Å²) in [6.45, 7) is 3.16. The summed E-state index contributed by atoms with van der Waals surface area (Å²) < 4.78 is 5.33. The van der Waals surface area contributed by atoms with Gasteiger partial charge >= 0.3 is 0 Å². The first kappa shape index (κ1) is 11.9. The van der Waals surface area contributed by atoms with E-state index in [0.717, 1.165) is 43.8 Å². The van der Waals surface area contributed by atoms with E-state index >= 15 is 0 Å². The lowest BCUT2D eigenvalue weighted by Gasteiger charge is -2.26. The molecule has 2 heterocycles. The first-order valence-corrected chi connectivity index (χ1v) is 6.40. The number of benzene rings is 1. The molecule has 1 aliphatic rings. The fraction of sp³-hybridized carbons (Fsp3) is 0.286. The highest BCUT2D eigenvalue weighted by atomic mass is 16.5. The largest absolute Gasteiger partial charge is 0.378 e. The van der Waals surface area contributed by atoms with Crippen LogP contribution in [-0.4, -0.2) is 36.3 Å². The Labute approximate surface area is 112 Å². The van der Waals surface area contributed by atoms with Gasteiger partial charge in [-0.1, -0.05) is 18.2 Å². The molecule has 19 heavy (non-hydrogen) atoms. The predicted octanol–water partition coefficient (Wildman–Crippen LogP) is 2.06. The van der Waals surface area contributed by atoms with Gasteiger partial charge in [0, 0.05) is 25.0 Å². The number of rotatable bonds is 3. The van der Waals surface area contributed by atoms with E-state index in [-0.39, 0.29) is 0 Å². The van der Waals surface area contributed by atoms with Gasteiger partial charge in [-0.15, -0.1) is 0 Å². The van der Waals surface area contributed by atoms with E-state index in [1.54, 1.807) is 6.20 Å². The van der Waals surface area contributed by atoms with Crippen LogP contribution >= 0.6 is 0 Å². The number of aromatic nitrogens is 2. The van der Waals surface area contributed by atoms with Crippen LogP contribution in [0.3, 0.4) is 0 Å². The van der Waals surface area contributed by atoms with E-state index in [9.17, 15) is 0 Å². The third kappa shape index (κ3) is 3.00. The topological polar surface area (TPSA) is 50.3 Å². The molecule has 0 aliphatic carbocycles. The Hall–Kier alpha value is -2.14. The Morgan fingerprint density at radius 2 is 1.84 bits per heavy atom. The Kier molecular flexibility index (Phi) is 3.56. The molecule has 1 N–H and O–H groups in total. The second-order valence-electron chi connectivity index (χ2n) is 4.33. The van der Waals surface area contributed by atoms with Gasteiger partial charge in [0.15, 0.2) is 0 Å². The molecule has 1 aromatic carbocycles. The molecule has 3 rings (SSSR count). The van der Waals surface area contributed by atoms with Crippen molar-refractivity contribution in [3.63, 3.8) is 0 Å². The molecule has 5 heteroatoms. The van der Waals surface area contributed by atoms with E-state index in [4.69, 9.17) is 4.74 Å². The van der Waals surface area contributed by atoms with Crippen LogP contribution in [0.2, 0.25) is 0 Å². The lowest BCUT2D eigenvalue weighted by molar-refractivity contribution is 0.122. The molecule has 98 valence electrons. The van der Waals surface area contributed by atoms with Gasteiger partial charge in [0.2, 0.25) is 5.95 Å². The van der Waals surface area contributed by atoms with Gasteiger partial charge in [-0.3, -0.25) is 0 Å². The summed E-state index contributed by atoms with van der Waals surface area (Å²) in [4.78, 5) is 11.0. The lowest BCUT2D eigenvalue weighted by Crippen LogP contribution is -2.37. The monoisotopic (exact) mass is 256 g/mol. The van der Waals surface area contributed by atoms with Crippen molar-refractivity contribution < 1.29 is 4.74 Å². The van der Waals surface area contributed by atoms with Crippen molar-refractivity contribution in [3.05, 3.63) is 42.6 Å². The van der Waals surface area contributed by atoms with Crippen molar-refractivity contribution in [1.29, 1.82) is 0 Å². The molecule has 0 spiro atoms. The SMILES string of the molecule is c1ccc(Nc2ccnc(N3CCOCC3)n2)cc1. The molecule has 0 unspecified atom stereocenters. The molecule has 2 aromatic rings. The van der Waals surface area contributed by atoms with Crippen molar-refractivity contribution >= 4 is 17.5 Å². The normalized spacial score (nSPS) is 15.3. The number of nitrogens with zero attached hydrogens (tertiary/aromatic N) is 3. The second-order valence-corrected chi connectivity index (χ2v) is 4.33. The molecule has 1 saturated heterocycles. The third-order valence-corrected chi connectivity index (χ3v) is 2.98. The van der Waals surface area contributed by atoms with Gasteiger partial charge < -0.3 is 15.0 Å². The number of hydrogen-bond acceptors (Lipinski definition) is 5. The number of anilines is 3. The van der Waals surface area contributed by atoms with Crippen molar-refractivity contribution in [2.75, 3.05) is 36.5 Å². The molecule has 0 bridgehead atoms. The summed E-state index contributed by atoms with van der Waals surface area (Å²) in [6.07, 6.45) is 1.78. The maximum absolute atomic E-state index is 5.33. The van der Waals surface area contributed by atoms with Gasteiger partial charge in [-0.05, 0) is 18.2 Å². The number of morpholine rings is 1. The smallest absolute Gasteiger partial charge is 0.227 e. The Morgan fingerprint density at radius 3 is 2.63 bits per heavy atom. The maximum atomic E-state index is 5.33. The summed E-state index contributed by atoms with van der Waals surface area (Å²) in [7, 11) is 0. The van der Waals surface area contributed by atoms with E-state index in [1.807, 2.05) is 36.4 Å². The summed E-state index contributed by atoms with van der Waals surface area (Å²) in [5, 5.41) is 3.27. The Morgan fingerprint density at radius 1 is 1.05 bits per heavy atom. The predicted molar refractivity (Wildman–Crippen MR) is 74.8 cm³/mol. The van der Waals surface area contributed by atoms with Crippen molar-refractivity contribution in [1.82, 2.24) is 9.97 Å². The van der Waals surface area contributed by atoms with Crippen molar-refractivity contribution in [2.45, 2.75) is 0 Å². The van der Waals surface area contributed by atoms with Gasteiger partial charge in [0.1, 0.15) is 5.82 Å². The third-order valence-electron chi connectivity index (χ3n) is 2.98. The first-order valence-electron chi connectivity index (χ1n) is 6.40. The Balaban J connectivity index is 1.76. The van der Waals surface area contributed by atoms with E-state index in [0.29, 0.717) is 0 Å². The molecule has 1 fully saturated rings. The second kappa shape index (κ2) is 5.67. The minimum Gasteiger partial charge on any atom is -0.378 e. The lowest BCUT2D eigenvalue weighted by atomic mass is 10.3. The highest BCUT2D eigenvalue weighted by Gasteiger charge is 2.13. The fourth-order valence-corrected chi connectivity index (χ4v) is 2.00. The zero-order chi connectivity index (χ0) is 12.9. The summed E-state index contributed by atoms with van der Waals surface area (Å²) in [6, 6.07) is 11.9. The zero-order valence-corrected chi connectivity index (χ0v) is 10.6. The van der Waals surface area contributed by atoms with Crippen molar-refractivity contribution in [3.8, 4) is 0 Å². The maximum Gasteiger partial charge on any atom is 0.227 e. The molecular formula is C14H16N4O. The highest BCUT2D eigenvalue weighted by molar-refractivity contribution is 5.56. The van der Waals surface area contributed by atoms with Crippen LogP contribution < -0.4 is 10.2 Å². The quantitative estimate of drug-likeness (QED) is 0.911. The molecule has 0 atom stereocenters. The molecule has 0 radical (unpaired) electrons. The number of ether oxygens (including phenoxy) is 1. The molecule has 1 aliphatic heterocycles. The van der Waals surface area contributed by atoms with E-state index in [1.165, 1.54) is 0 Å². The summed E-state index contributed by atoms with van der Waals surface area (Å²) in [5.74, 6) is 1.56. The molecular weight excluding hydrogens is 240 g/mol. The average Bonchev–Trinajstić information content (AvgIpc) is 2.49. The molecule has 1 aromatic heterocycles. The number of hydrogen-bond donors (Lipinski definition) is 1. The van der Waals surface area contributed by atoms with Crippen LogP contribution in [0.25, 0.3) is 0 Å². The molecule has 5 nitrogen and oxygen atoms in total. The van der Waals surface area contributed by atoms with Crippen LogP contribution in [0.5, 0.6) is 0 Å². The van der Waals surface area contributed by atoms with Gasteiger partial charge in [-0.25, -0.2) is 4.98 Å². The van der Waals surface area contributed by atoms with Gasteiger partial charge in [0.05, 0.1) is 13.2 Å². The minimum absolute atomic E-state index is 0.736. The van der Waals surface area contributed by atoms with E-state index in [2.05, 4.69) is 20.2 Å². The number of para-hydroxylation sites is 1. The van der Waals surface area contributed by atoms with Crippen molar-refractivity contribution in [2.24, 2.45) is 0 Å².